The van der Waals surface area contributed by atoms with E-state index in [-0.39, 0.29) is 23.5 Å². The molecule has 0 bridgehead atoms. The van der Waals surface area contributed by atoms with Crippen LogP contribution in [0, 0.1) is 0 Å². The molecule has 2 fully saturated rings. The van der Waals surface area contributed by atoms with Crippen molar-refractivity contribution in [2.45, 2.75) is 56.9 Å². The Morgan fingerprint density at radius 3 is 2.48 bits per heavy atom. The van der Waals surface area contributed by atoms with E-state index in [1.807, 2.05) is 0 Å². The average Bonchev–Trinajstić information content (AvgIpc) is 3.04. The molecule has 7 heteroatoms. The number of H-pyrrole nitrogens is 1. The summed E-state index contributed by atoms with van der Waals surface area (Å²) in [6, 6.07) is 0.000121. The first-order valence-corrected chi connectivity index (χ1v) is 10.3. The van der Waals surface area contributed by atoms with Crippen LogP contribution < -0.4 is 0 Å². The highest BCUT2D eigenvalue weighted by Gasteiger charge is 2.31. The predicted octanol–water partition coefficient (Wildman–Crippen LogP) is 2.11. The molecule has 1 aliphatic carbocycles. The molecular formula is C16H25N3O3S. The summed E-state index contributed by atoms with van der Waals surface area (Å²) >= 11 is 0. The van der Waals surface area contributed by atoms with E-state index in [1.165, 1.54) is 19.3 Å². The fourth-order valence-electron chi connectivity index (χ4n) is 3.79. The van der Waals surface area contributed by atoms with Gasteiger partial charge in [0.05, 0.1) is 29.0 Å². The summed E-state index contributed by atoms with van der Waals surface area (Å²) in [5.41, 5.74) is 1.62. The van der Waals surface area contributed by atoms with Crippen LogP contribution in [0.1, 0.15) is 66.9 Å². The maximum absolute atomic E-state index is 12.8. The summed E-state index contributed by atoms with van der Waals surface area (Å²) in [5, 5.41) is 7.13. The van der Waals surface area contributed by atoms with Crippen molar-refractivity contribution in [2.75, 3.05) is 18.6 Å². The predicted molar refractivity (Wildman–Crippen MR) is 88.2 cm³/mol. The van der Waals surface area contributed by atoms with E-state index in [0.29, 0.717) is 24.3 Å². The number of hydrogen-bond donors (Lipinski definition) is 1. The van der Waals surface area contributed by atoms with Gasteiger partial charge in [0.2, 0.25) is 0 Å². The van der Waals surface area contributed by atoms with Crippen LogP contribution in [0.4, 0.5) is 0 Å². The Balaban J connectivity index is 1.72. The molecule has 23 heavy (non-hydrogen) atoms. The highest BCUT2D eigenvalue weighted by Crippen LogP contribution is 2.33. The van der Waals surface area contributed by atoms with Gasteiger partial charge in [0, 0.05) is 19.0 Å². The zero-order valence-electron chi connectivity index (χ0n) is 13.6. The van der Waals surface area contributed by atoms with Crippen LogP contribution in [-0.2, 0) is 9.84 Å². The van der Waals surface area contributed by atoms with E-state index >= 15 is 0 Å². The summed E-state index contributed by atoms with van der Waals surface area (Å²) in [6.45, 7) is 0. The summed E-state index contributed by atoms with van der Waals surface area (Å²) < 4.78 is 23.1. The Labute approximate surface area is 137 Å². The minimum absolute atomic E-state index is 0.000121. The number of nitrogens with zero attached hydrogens (tertiary/aromatic N) is 2. The highest BCUT2D eigenvalue weighted by molar-refractivity contribution is 7.91. The van der Waals surface area contributed by atoms with Crippen LogP contribution in [-0.4, -0.2) is 54.0 Å². The van der Waals surface area contributed by atoms with Crippen LogP contribution in [0.5, 0.6) is 0 Å². The van der Waals surface area contributed by atoms with E-state index in [4.69, 9.17) is 0 Å². The molecular weight excluding hydrogens is 314 g/mol. The van der Waals surface area contributed by atoms with Gasteiger partial charge in [0.1, 0.15) is 9.84 Å². The second-order valence-corrected chi connectivity index (χ2v) is 9.13. The fourth-order valence-corrected chi connectivity index (χ4v) is 5.26. The molecule has 0 spiro atoms. The second-order valence-electron chi connectivity index (χ2n) is 6.83. The molecule has 3 rings (SSSR count). The second kappa shape index (κ2) is 6.63. The van der Waals surface area contributed by atoms with Crippen molar-refractivity contribution in [3.05, 3.63) is 17.5 Å². The number of amides is 1. The molecule has 2 heterocycles. The van der Waals surface area contributed by atoms with Crippen LogP contribution in [0.2, 0.25) is 0 Å². The van der Waals surface area contributed by atoms with Crippen molar-refractivity contribution in [1.82, 2.24) is 15.1 Å². The number of hydrogen-bond acceptors (Lipinski definition) is 4. The van der Waals surface area contributed by atoms with Crippen LogP contribution in [0.3, 0.4) is 0 Å². The first-order chi connectivity index (χ1) is 11.0. The van der Waals surface area contributed by atoms with Crippen LogP contribution in [0.25, 0.3) is 0 Å². The molecule has 1 aliphatic heterocycles. The molecule has 0 aromatic carbocycles. The Morgan fingerprint density at radius 1 is 1.17 bits per heavy atom. The molecule has 0 radical (unpaired) electrons. The lowest BCUT2D eigenvalue weighted by Crippen LogP contribution is -2.42. The Bertz CT molecular complexity index is 648. The van der Waals surface area contributed by atoms with Crippen molar-refractivity contribution >= 4 is 15.7 Å². The standard InChI is InChI=1S/C16H25N3O3S/c1-19(13-7-9-23(21,22)10-8-13)16(20)14-11-17-18-15(14)12-5-3-2-4-6-12/h11-13H,2-10H2,1H3,(H,17,18). The lowest BCUT2D eigenvalue weighted by atomic mass is 9.85. The summed E-state index contributed by atoms with van der Waals surface area (Å²) in [4.78, 5) is 14.6. The van der Waals surface area contributed by atoms with E-state index in [9.17, 15) is 13.2 Å². The number of carbonyl (C=O) groups is 1. The maximum atomic E-state index is 12.8. The van der Waals surface area contributed by atoms with E-state index in [0.717, 1.165) is 18.5 Å². The first-order valence-electron chi connectivity index (χ1n) is 8.49. The molecule has 128 valence electrons. The lowest BCUT2D eigenvalue weighted by molar-refractivity contribution is 0.0720. The third-order valence-electron chi connectivity index (χ3n) is 5.30. The quantitative estimate of drug-likeness (QED) is 0.914. The van der Waals surface area contributed by atoms with Gasteiger partial charge >= 0.3 is 0 Å². The fraction of sp³-hybridized carbons (Fsp3) is 0.750. The van der Waals surface area contributed by atoms with Crippen molar-refractivity contribution < 1.29 is 13.2 Å². The summed E-state index contributed by atoms with van der Waals surface area (Å²) in [5.74, 6) is 0.709. The van der Waals surface area contributed by atoms with Gasteiger partial charge in [0.15, 0.2) is 0 Å². The van der Waals surface area contributed by atoms with Crippen LogP contribution >= 0.6 is 0 Å². The van der Waals surface area contributed by atoms with Gasteiger partial charge in [-0.15, -0.1) is 0 Å². The molecule has 0 unspecified atom stereocenters. The maximum Gasteiger partial charge on any atom is 0.257 e. The largest absolute Gasteiger partial charge is 0.339 e. The molecule has 2 aliphatic rings. The van der Waals surface area contributed by atoms with Crippen molar-refractivity contribution in [3.63, 3.8) is 0 Å². The van der Waals surface area contributed by atoms with Crippen LogP contribution in [0.15, 0.2) is 6.20 Å². The smallest absolute Gasteiger partial charge is 0.257 e. The Kier molecular flexibility index (Phi) is 4.75. The molecule has 1 saturated heterocycles. The zero-order chi connectivity index (χ0) is 16.4. The van der Waals surface area contributed by atoms with Crippen molar-refractivity contribution in [1.29, 1.82) is 0 Å². The lowest BCUT2D eigenvalue weighted by Gasteiger charge is -2.31. The molecule has 1 N–H and O–H groups in total. The number of rotatable bonds is 3. The van der Waals surface area contributed by atoms with Crippen molar-refractivity contribution in [3.8, 4) is 0 Å². The van der Waals surface area contributed by atoms with E-state index < -0.39 is 9.84 Å². The normalized spacial score (nSPS) is 22.8. The Morgan fingerprint density at radius 2 is 1.83 bits per heavy atom. The summed E-state index contributed by atoms with van der Waals surface area (Å²) in [6.07, 6.45) is 8.57. The van der Waals surface area contributed by atoms with Gasteiger partial charge in [0.25, 0.3) is 5.91 Å². The Hall–Kier alpha value is -1.37. The SMILES string of the molecule is CN(C(=O)c1cn[nH]c1C1CCCCC1)C1CCS(=O)(=O)CC1. The molecule has 1 saturated carbocycles. The highest BCUT2D eigenvalue weighted by atomic mass is 32.2. The number of aromatic amines is 1. The van der Waals surface area contributed by atoms with Gasteiger partial charge in [-0.2, -0.15) is 5.10 Å². The van der Waals surface area contributed by atoms with Gasteiger partial charge in [-0.1, -0.05) is 19.3 Å². The average molecular weight is 339 g/mol. The monoisotopic (exact) mass is 339 g/mol. The van der Waals surface area contributed by atoms with Crippen molar-refractivity contribution in [2.24, 2.45) is 0 Å². The number of carbonyl (C=O) groups excluding carboxylic acids is 1. The minimum atomic E-state index is -2.91. The minimum Gasteiger partial charge on any atom is -0.339 e. The third-order valence-corrected chi connectivity index (χ3v) is 7.02. The third kappa shape index (κ3) is 3.59. The number of aromatic nitrogens is 2. The number of nitrogens with one attached hydrogen (secondary N) is 1. The molecule has 0 atom stereocenters. The van der Waals surface area contributed by atoms with Gasteiger partial charge < -0.3 is 4.90 Å². The molecule has 1 aromatic heterocycles. The first kappa shape index (κ1) is 16.5. The van der Waals surface area contributed by atoms with Gasteiger partial charge in [-0.25, -0.2) is 8.42 Å². The van der Waals surface area contributed by atoms with Gasteiger partial charge in [-0.05, 0) is 25.7 Å². The van der Waals surface area contributed by atoms with E-state index in [2.05, 4.69) is 10.2 Å². The zero-order valence-corrected chi connectivity index (χ0v) is 14.4. The number of sulfone groups is 1. The molecule has 1 amide bonds. The molecule has 6 nitrogen and oxygen atoms in total. The van der Waals surface area contributed by atoms with Gasteiger partial charge in [-0.3, -0.25) is 9.89 Å². The van der Waals surface area contributed by atoms with E-state index in [1.54, 1.807) is 18.1 Å². The molecule has 1 aromatic rings. The topological polar surface area (TPSA) is 83.1 Å². The summed E-state index contributed by atoms with van der Waals surface area (Å²) in [7, 11) is -1.13.